The van der Waals surface area contributed by atoms with Crippen molar-refractivity contribution in [2.75, 3.05) is 0 Å². The lowest BCUT2D eigenvalue weighted by Crippen LogP contribution is -2.13. The van der Waals surface area contributed by atoms with Crippen LogP contribution in [-0.2, 0) is 6.54 Å². The van der Waals surface area contributed by atoms with Gasteiger partial charge in [-0.3, -0.25) is 0 Å². The first kappa shape index (κ1) is 10.8. The summed E-state index contributed by atoms with van der Waals surface area (Å²) in [6.07, 6.45) is 0. The smallest absolute Gasteiger partial charge is 0.0597 e. The Kier molecular flexibility index (Phi) is 2.65. The second kappa shape index (κ2) is 4.17. The molecule has 17 heavy (non-hydrogen) atoms. The van der Waals surface area contributed by atoms with E-state index in [0.29, 0.717) is 0 Å². The normalized spacial score (nSPS) is 18.1. The van der Waals surface area contributed by atoms with Gasteiger partial charge in [0.2, 0.25) is 0 Å². The van der Waals surface area contributed by atoms with Gasteiger partial charge in [-0.05, 0) is 29.7 Å². The summed E-state index contributed by atoms with van der Waals surface area (Å²) >= 11 is 6.31. The summed E-state index contributed by atoms with van der Waals surface area (Å²) < 4.78 is 0. The number of nitrogens with one attached hydrogen (secondary N) is 1. The molecule has 3 rings (SSSR count). The van der Waals surface area contributed by atoms with E-state index >= 15 is 0 Å². The monoisotopic (exact) mass is 243 g/mol. The van der Waals surface area contributed by atoms with Gasteiger partial charge in [0.05, 0.1) is 6.04 Å². The molecular weight excluding hydrogens is 230 g/mol. The van der Waals surface area contributed by atoms with Crippen molar-refractivity contribution >= 4 is 11.6 Å². The van der Waals surface area contributed by atoms with E-state index in [9.17, 15) is 0 Å². The molecule has 0 saturated heterocycles. The summed E-state index contributed by atoms with van der Waals surface area (Å²) in [5.41, 5.74) is 5.12. The Balaban J connectivity index is 2.09. The van der Waals surface area contributed by atoms with Crippen molar-refractivity contribution in [2.24, 2.45) is 0 Å². The third kappa shape index (κ3) is 1.86. The average molecular weight is 244 g/mol. The number of benzene rings is 2. The molecule has 0 aromatic heterocycles. The minimum Gasteiger partial charge on any atom is -0.302 e. The van der Waals surface area contributed by atoms with Gasteiger partial charge in [0.25, 0.3) is 0 Å². The van der Waals surface area contributed by atoms with Crippen LogP contribution in [-0.4, -0.2) is 0 Å². The van der Waals surface area contributed by atoms with Crippen LogP contribution < -0.4 is 5.32 Å². The number of rotatable bonds is 1. The molecule has 0 fully saturated rings. The van der Waals surface area contributed by atoms with E-state index in [0.717, 1.165) is 11.6 Å². The molecule has 1 unspecified atom stereocenters. The van der Waals surface area contributed by atoms with Crippen molar-refractivity contribution in [1.82, 2.24) is 5.32 Å². The van der Waals surface area contributed by atoms with Gasteiger partial charge in [-0.25, -0.2) is 0 Å². The van der Waals surface area contributed by atoms with Crippen LogP contribution in [0.15, 0.2) is 42.5 Å². The van der Waals surface area contributed by atoms with E-state index in [-0.39, 0.29) is 6.04 Å². The molecule has 1 nitrogen and oxygen atoms in total. The zero-order valence-electron chi connectivity index (χ0n) is 9.70. The molecule has 2 heteroatoms. The van der Waals surface area contributed by atoms with Crippen LogP contribution in [0.25, 0.3) is 0 Å². The molecule has 2 aromatic rings. The maximum absolute atomic E-state index is 6.31. The largest absolute Gasteiger partial charge is 0.302 e. The first-order chi connectivity index (χ1) is 8.25. The lowest BCUT2D eigenvalue weighted by Gasteiger charge is -2.14. The Morgan fingerprint density at radius 3 is 2.82 bits per heavy atom. The molecule has 0 amide bonds. The van der Waals surface area contributed by atoms with Crippen LogP contribution in [0.4, 0.5) is 0 Å². The van der Waals surface area contributed by atoms with E-state index in [4.69, 9.17) is 11.6 Å². The number of halogens is 1. The fourth-order valence-electron chi connectivity index (χ4n) is 2.51. The summed E-state index contributed by atoms with van der Waals surface area (Å²) in [6, 6.07) is 15.0. The lowest BCUT2D eigenvalue weighted by atomic mass is 9.97. The molecule has 0 radical (unpaired) electrons. The first-order valence-corrected chi connectivity index (χ1v) is 6.21. The highest BCUT2D eigenvalue weighted by Crippen LogP contribution is 2.35. The molecule has 86 valence electrons. The fourth-order valence-corrected chi connectivity index (χ4v) is 2.81. The van der Waals surface area contributed by atoms with Gasteiger partial charge in [0.15, 0.2) is 0 Å². The maximum Gasteiger partial charge on any atom is 0.0597 e. The fraction of sp³-hybridized carbons (Fsp3) is 0.200. The number of aryl methyl sites for hydroxylation is 1. The average Bonchev–Trinajstić information content (AvgIpc) is 2.74. The predicted octanol–water partition coefficient (Wildman–Crippen LogP) is 3.84. The van der Waals surface area contributed by atoms with Crippen LogP contribution in [0.5, 0.6) is 0 Å². The van der Waals surface area contributed by atoms with Crippen LogP contribution in [0.3, 0.4) is 0 Å². The van der Waals surface area contributed by atoms with Crippen LogP contribution in [0.1, 0.15) is 28.3 Å². The molecule has 1 aliphatic rings. The standard InChI is InChI=1S/C15H14ClN/c1-10-4-2-5-11(8-10)15-14-12(9-17-15)6-3-7-13(14)16/h2-8,15,17H,9H2,1H3. The number of hydrogen-bond donors (Lipinski definition) is 1. The van der Waals surface area contributed by atoms with Crippen molar-refractivity contribution in [1.29, 1.82) is 0 Å². The number of fused-ring (bicyclic) bond motifs is 1. The summed E-state index contributed by atoms with van der Waals surface area (Å²) in [5, 5.41) is 4.38. The third-order valence-electron chi connectivity index (χ3n) is 3.30. The first-order valence-electron chi connectivity index (χ1n) is 5.83. The number of hydrogen-bond acceptors (Lipinski definition) is 1. The highest BCUT2D eigenvalue weighted by molar-refractivity contribution is 6.31. The van der Waals surface area contributed by atoms with E-state index in [1.807, 2.05) is 12.1 Å². The Labute approximate surface area is 106 Å². The molecule has 1 N–H and O–H groups in total. The Morgan fingerprint density at radius 2 is 2.00 bits per heavy atom. The SMILES string of the molecule is Cc1cccc(C2NCc3cccc(Cl)c32)c1. The summed E-state index contributed by atoms with van der Waals surface area (Å²) in [4.78, 5) is 0. The molecule has 1 aliphatic heterocycles. The zero-order valence-corrected chi connectivity index (χ0v) is 10.5. The molecule has 2 aromatic carbocycles. The van der Waals surface area contributed by atoms with Gasteiger partial charge in [0.1, 0.15) is 0 Å². The van der Waals surface area contributed by atoms with Gasteiger partial charge in [0, 0.05) is 11.6 Å². The zero-order chi connectivity index (χ0) is 11.8. The van der Waals surface area contributed by atoms with Crippen LogP contribution in [0.2, 0.25) is 5.02 Å². The van der Waals surface area contributed by atoms with E-state index in [1.165, 1.54) is 22.3 Å². The molecular formula is C15H14ClN. The molecule has 0 spiro atoms. The van der Waals surface area contributed by atoms with Crippen molar-refractivity contribution < 1.29 is 0 Å². The summed E-state index contributed by atoms with van der Waals surface area (Å²) in [7, 11) is 0. The van der Waals surface area contributed by atoms with E-state index in [1.54, 1.807) is 0 Å². The van der Waals surface area contributed by atoms with Gasteiger partial charge >= 0.3 is 0 Å². The predicted molar refractivity (Wildman–Crippen MR) is 71.3 cm³/mol. The molecule has 0 bridgehead atoms. The Bertz CT molecular complexity index is 563. The third-order valence-corrected chi connectivity index (χ3v) is 3.63. The van der Waals surface area contributed by atoms with Crippen molar-refractivity contribution in [3.63, 3.8) is 0 Å². The van der Waals surface area contributed by atoms with Crippen molar-refractivity contribution in [3.8, 4) is 0 Å². The second-order valence-corrected chi connectivity index (χ2v) is 4.95. The highest BCUT2D eigenvalue weighted by Gasteiger charge is 2.25. The molecule has 0 aliphatic carbocycles. The molecule has 1 heterocycles. The summed E-state index contributed by atoms with van der Waals surface area (Å²) in [5.74, 6) is 0. The molecule has 1 atom stereocenters. The van der Waals surface area contributed by atoms with Gasteiger partial charge < -0.3 is 5.32 Å². The van der Waals surface area contributed by atoms with Crippen LogP contribution >= 0.6 is 11.6 Å². The van der Waals surface area contributed by atoms with Gasteiger partial charge in [-0.2, -0.15) is 0 Å². The van der Waals surface area contributed by atoms with Crippen molar-refractivity contribution in [2.45, 2.75) is 19.5 Å². The lowest BCUT2D eigenvalue weighted by molar-refractivity contribution is 0.667. The van der Waals surface area contributed by atoms with Crippen molar-refractivity contribution in [3.05, 3.63) is 69.7 Å². The highest BCUT2D eigenvalue weighted by atomic mass is 35.5. The maximum atomic E-state index is 6.31. The van der Waals surface area contributed by atoms with Gasteiger partial charge in [-0.1, -0.05) is 53.6 Å². The second-order valence-electron chi connectivity index (χ2n) is 4.54. The van der Waals surface area contributed by atoms with E-state index in [2.05, 4.69) is 42.6 Å². The topological polar surface area (TPSA) is 12.0 Å². The van der Waals surface area contributed by atoms with Gasteiger partial charge in [-0.15, -0.1) is 0 Å². The van der Waals surface area contributed by atoms with Crippen LogP contribution in [0, 0.1) is 6.92 Å². The Hall–Kier alpha value is -1.31. The summed E-state index contributed by atoms with van der Waals surface area (Å²) in [6.45, 7) is 3.01. The molecule has 0 saturated carbocycles. The Morgan fingerprint density at radius 1 is 1.18 bits per heavy atom. The minimum absolute atomic E-state index is 0.235. The van der Waals surface area contributed by atoms with E-state index < -0.39 is 0 Å². The quantitative estimate of drug-likeness (QED) is 0.803. The minimum atomic E-state index is 0.235.